The molecule has 0 saturated carbocycles. The van der Waals surface area contributed by atoms with Crippen LogP contribution in [0.5, 0.6) is 0 Å². The minimum Gasteiger partial charge on any atom is -0.359 e. The second-order valence-electron chi connectivity index (χ2n) is 7.25. The Labute approximate surface area is 169 Å². The van der Waals surface area contributed by atoms with Crippen molar-refractivity contribution in [3.8, 4) is 0 Å². The third kappa shape index (κ3) is 7.13. The molecule has 7 heteroatoms. The predicted molar refractivity (Wildman–Crippen MR) is 114 cm³/mol. The van der Waals surface area contributed by atoms with E-state index in [0.29, 0.717) is 18.5 Å². The van der Waals surface area contributed by atoms with Crippen LogP contribution in [0.2, 0.25) is 0 Å². The van der Waals surface area contributed by atoms with Crippen molar-refractivity contribution in [3.05, 3.63) is 17.5 Å². The van der Waals surface area contributed by atoms with Gasteiger partial charge in [-0.15, -0.1) is 24.0 Å². The van der Waals surface area contributed by atoms with Gasteiger partial charge in [0.1, 0.15) is 0 Å². The number of likely N-dealkylation sites (tertiary alicyclic amines) is 1. The van der Waals surface area contributed by atoms with Crippen molar-refractivity contribution in [1.82, 2.24) is 20.7 Å². The van der Waals surface area contributed by atoms with Crippen LogP contribution in [-0.2, 0) is 6.54 Å². The third-order valence-corrected chi connectivity index (χ3v) is 4.83. The van der Waals surface area contributed by atoms with Crippen LogP contribution in [0.3, 0.4) is 0 Å². The van der Waals surface area contributed by atoms with Crippen molar-refractivity contribution < 1.29 is 4.52 Å². The van der Waals surface area contributed by atoms with E-state index in [0.717, 1.165) is 29.9 Å². The fraction of sp³-hybridized carbons (Fsp3) is 0.778. The number of nitrogens with one attached hydrogen (secondary N) is 2. The van der Waals surface area contributed by atoms with E-state index in [1.807, 2.05) is 6.07 Å². The molecule has 144 valence electrons. The van der Waals surface area contributed by atoms with Crippen LogP contribution >= 0.6 is 24.0 Å². The number of nitrogens with zero attached hydrogens (tertiary/aromatic N) is 3. The van der Waals surface area contributed by atoms with Crippen LogP contribution < -0.4 is 10.6 Å². The van der Waals surface area contributed by atoms with Gasteiger partial charge in [-0.05, 0) is 44.7 Å². The highest BCUT2D eigenvalue weighted by atomic mass is 127. The Hall–Kier alpha value is -0.830. The SMILES string of the molecule is CN=C(NCc1cc(C(C)C)no1)NCC(C)N1CCC(C)CC1.I. The van der Waals surface area contributed by atoms with Crippen molar-refractivity contribution in [2.24, 2.45) is 10.9 Å². The number of hydrogen-bond donors (Lipinski definition) is 2. The van der Waals surface area contributed by atoms with Crippen LogP contribution in [-0.4, -0.2) is 48.7 Å². The number of rotatable bonds is 6. The molecule has 1 fully saturated rings. The first kappa shape index (κ1) is 22.2. The van der Waals surface area contributed by atoms with Gasteiger partial charge in [0.15, 0.2) is 11.7 Å². The highest BCUT2D eigenvalue weighted by molar-refractivity contribution is 14.0. The third-order valence-electron chi connectivity index (χ3n) is 4.83. The first-order valence-corrected chi connectivity index (χ1v) is 9.13. The number of aliphatic imine (C=N–C) groups is 1. The Morgan fingerprint density at radius 1 is 1.32 bits per heavy atom. The molecule has 0 aliphatic carbocycles. The highest BCUT2D eigenvalue weighted by Gasteiger charge is 2.20. The summed E-state index contributed by atoms with van der Waals surface area (Å²) < 4.78 is 5.35. The van der Waals surface area contributed by atoms with Gasteiger partial charge in [-0.3, -0.25) is 9.89 Å². The van der Waals surface area contributed by atoms with E-state index >= 15 is 0 Å². The van der Waals surface area contributed by atoms with E-state index in [9.17, 15) is 0 Å². The summed E-state index contributed by atoms with van der Waals surface area (Å²) in [7, 11) is 1.79. The van der Waals surface area contributed by atoms with E-state index in [-0.39, 0.29) is 24.0 Å². The molecule has 6 nitrogen and oxygen atoms in total. The standard InChI is InChI=1S/C18H33N5O.HI/c1-13(2)17-10-16(24-22-17)12-21-18(19-5)20-11-15(4)23-8-6-14(3)7-9-23;/h10,13-15H,6-9,11-12H2,1-5H3,(H2,19,20,21);1H. The zero-order chi connectivity index (χ0) is 17.5. The van der Waals surface area contributed by atoms with Gasteiger partial charge in [-0.2, -0.15) is 0 Å². The van der Waals surface area contributed by atoms with E-state index in [4.69, 9.17) is 4.52 Å². The number of piperidine rings is 1. The summed E-state index contributed by atoms with van der Waals surface area (Å²) in [5.74, 6) is 2.89. The quantitative estimate of drug-likeness (QED) is 0.386. The minimum absolute atomic E-state index is 0. The molecule has 2 N–H and O–H groups in total. The Kier molecular flexibility index (Phi) is 9.78. The lowest BCUT2D eigenvalue weighted by molar-refractivity contribution is 0.147. The van der Waals surface area contributed by atoms with Gasteiger partial charge in [0.2, 0.25) is 0 Å². The molecule has 1 unspecified atom stereocenters. The number of halogens is 1. The van der Waals surface area contributed by atoms with Gasteiger partial charge in [-0.1, -0.05) is 25.9 Å². The first-order valence-electron chi connectivity index (χ1n) is 9.13. The van der Waals surface area contributed by atoms with Crippen LogP contribution in [0.4, 0.5) is 0 Å². The molecular formula is C18H34IN5O. The lowest BCUT2D eigenvalue weighted by Gasteiger charge is -2.35. The van der Waals surface area contributed by atoms with E-state index in [1.54, 1.807) is 7.05 Å². The van der Waals surface area contributed by atoms with Crippen LogP contribution in [0.25, 0.3) is 0 Å². The fourth-order valence-corrected chi connectivity index (χ4v) is 2.92. The summed E-state index contributed by atoms with van der Waals surface area (Å²) in [6.07, 6.45) is 2.61. The Morgan fingerprint density at radius 3 is 2.56 bits per heavy atom. The van der Waals surface area contributed by atoms with Crippen molar-refractivity contribution in [1.29, 1.82) is 0 Å². The molecule has 1 atom stereocenters. The predicted octanol–water partition coefficient (Wildman–Crippen LogP) is 3.20. The summed E-state index contributed by atoms with van der Waals surface area (Å²) >= 11 is 0. The van der Waals surface area contributed by atoms with Crippen LogP contribution in [0.15, 0.2) is 15.6 Å². The molecule has 1 saturated heterocycles. The molecular weight excluding hydrogens is 429 g/mol. The maximum Gasteiger partial charge on any atom is 0.191 e. The van der Waals surface area contributed by atoms with Crippen molar-refractivity contribution in [2.75, 3.05) is 26.7 Å². The van der Waals surface area contributed by atoms with Gasteiger partial charge in [0.25, 0.3) is 0 Å². The maximum atomic E-state index is 5.35. The monoisotopic (exact) mass is 463 g/mol. The maximum absolute atomic E-state index is 5.35. The highest BCUT2D eigenvalue weighted by Crippen LogP contribution is 2.17. The molecule has 2 rings (SSSR count). The number of hydrogen-bond acceptors (Lipinski definition) is 4. The Morgan fingerprint density at radius 2 is 2.00 bits per heavy atom. The molecule has 25 heavy (non-hydrogen) atoms. The zero-order valence-electron chi connectivity index (χ0n) is 16.2. The van der Waals surface area contributed by atoms with Crippen LogP contribution in [0.1, 0.15) is 57.9 Å². The normalized spacial score (nSPS) is 18.1. The first-order chi connectivity index (χ1) is 11.5. The average Bonchev–Trinajstić information content (AvgIpc) is 3.04. The molecule has 0 bridgehead atoms. The van der Waals surface area contributed by atoms with Crippen molar-refractivity contribution in [2.45, 2.75) is 59.0 Å². The van der Waals surface area contributed by atoms with Gasteiger partial charge in [0, 0.05) is 25.7 Å². The summed E-state index contributed by atoms with van der Waals surface area (Å²) in [6, 6.07) is 2.51. The lowest BCUT2D eigenvalue weighted by Crippen LogP contribution is -2.47. The zero-order valence-corrected chi connectivity index (χ0v) is 18.5. The van der Waals surface area contributed by atoms with Gasteiger partial charge < -0.3 is 15.2 Å². The van der Waals surface area contributed by atoms with E-state index in [2.05, 4.69) is 53.4 Å². The molecule has 1 aliphatic heterocycles. The summed E-state index contributed by atoms with van der Waals surface area (Å²) in [5.41, 5.74) is 0.989. The summed E-state index contributed by atoms with van der Waals surface area (Å²) in [5, 5.41) is 10.8. The fourth-order valence-electron chi connectivity index (χ4n) is 2.92. The molecule has 1 aromatic rings. The van der Waals surface area contributed by atoms with Crippen molar-refractivity contribution in [3.63, 3.8) is 0 Å². The summed E-state index contributed by atoms with van der Waals surface area (Å²) in [4.78, 5) is 6.85. The van der Waals surface area contributed by atoms with E-state index < -0.39 is 0 Å². The second-order valence-corrected chi connectivity index (χ2v) is 7.25. The molecule has 1 aromatic heterocycles. The van der Waals surface area contributed by atoms with Gasteiger partial charge in [0.05, 0.1) is 12.2 Å². The van der Waals surface area contributed by atoms with Gasteiger partial charge in [-0.25, -0.2) is 0 Å². The number of aromatic nitrogens is 1. The average molecular weight is 463 g/mol. The minimum atomic E-state index is 0. The lowest BCUT2D eigenvalue weighted by atomic mass is 9.98. The molecule has 1 aliphatic rings. The topological polar surface area (TPSA) is 65.7 Å². The Balaban J connectivity index is 0.00000312. The molecule has 2 heterocycles. The smallest absolute Gasteiger partial charge is 0.191 e. The molecule has 0 spiro atoms. The molecule has 0 amide bonds. The van der Waals surface area contributed by atoms with Crippen LogP contribution in [0, 0.1) is 5.92 Å². The molecule has 0 aromatic carbocycles. The van der Waals surface area contributed by atoms with Crippen molar-refractivity contribution >= 4 is 29.9 Å². The summed E-state index contributed by atoms with van der Waals surface area (Å²) in [6.45, 7) is 12.7. The number of guanidine groups is 1. The van der Waals surface area contributed by atoms with Gasteiger partial charge >= 0.3 is 0 Å². The molecule has 0 radical (unpaired) electrons. The Bertz CT molecular complexity index is 523. The van der Waals surface area contributed by atoms with E-state index in [1.165, 1.54) is 25.9 Å². The second kappa shape index (κ2) is 11.0. The largest absolute Gasteiger partial charge is 0.359 e.